The number of anilines is 2. The molecule has 2 N–H and O–H groups in total. The lowest BCUT2D eigenvalue weighted by Gasteiger charge is -2.25. The Hall–Kier alpha value is -4.92. The van der Waals surface area contributed by atoms with E-state index in [9.17, 15) is 14.4 Å². The van der Waals surface area contributed by atoms with Gasteiger partial charge >= 0.3 is 6.09 Å². The molecule has 0 unspecified atom stereocenters. The van der Waals surface area contributed by atoms with Gasteiger partial charge in [0.15, 0.2) is 5.78 Å². The van der Waals surface area contributed by atoms with Crippen molar-refractivity contribution in [3.8, 4) is 5.75 Å². The first-order valence-electron chi connectivity index (χ1n) is 18.4. The second kappa shape index (κ2) is 20.1. The van der Waals surface area contributed by atoms with E-state index in [0.29, 0.717) is 42.2 Å². The van der Waals surface area contributed by atoms with Gasteiger partial charge in [-0.1, -0.05) is 82.2 Å². The van der Waals surface area contributed by atoms with E-state index in [2.05, 4.69) is 47.6 Å². The topological polar surface area (TPSA) is 109 Å². The number of fused-ring (bicyclic) bond motifs is 1. The molecule has 1 aliphatic rings. The number of nitrogens with one attached hydrogen (secondary N) is 2. The molecule has 0 radical (unpaired) electrons. The van der Waals surface area contributed by atoms with Gasteiger partial charge in [-0.05, 0) is 81.1 Å². The van der Waals surface area contributed by atoms with Crippen molar-refractivity contribution in [2.75, 3.05) is 43.6 Å². The third-order valence-electron chi connectivity index (χ3n) is 8.98. The number of aryl methyl sites for hydroxylation is 2. The summed E-state index contributed by atoms with van der Waals surface area (Å²) >= 11 is 0. The minimum absolute atomic E-state index is 0.0197. The molecule has 0 atom stereocenters. The van der Waals surface area contributed by atoms with Gasteiger partial charge in [0.1, 0.15) is 5.75 Å². The quantitative estimate of drug-likeness (QED) is 0.0957. The molecule has 272 valence electrons. The number of benzene rings is 3. The monoisotopic (exact) mass is 694 g/mol. The van der Waals surface area contributed by atoms with Gasteiger partial charge < -0.3 is 19.7 Å². The predicted octanol–water partition coefficient (Wildman–Crippen LogP) is 9.28. The number of methoxy groups -OCH3 is 1. The first-order chi connectivity index (χ1) is 24.7. The Morgan fingerprint density at radius 1 is 0.843 bits per heavy atom. The standard InChI is InChI=1S/C42H54N4O5/c1-6-8-10-12-25-46(26-13-11-9-7-2)33-21-19-32(20-22-33)44-37-29-35(40(47)34-16-14-17-36(39(34)37)45-42(49)50-5)41(48)43-24-15-27-51-38-23-18-30(3)28-31(38)4/h14,16-23,28-29H,6-13,15,24-27H2,1-5H3,(H,43,48)(H,45,49)/b44-37+. The zero-order valence-corrected chi connectivity index (χ0v) is 31.0. The summed E-state index contributed by atoms with van der Waals surface area (Å²) in [6, 6.07) is 19.1. The van der Waals surface area contributed by atoms with Crippen LogP contribution in [-0.2, 0) is 9.53 Å². The predicted molar refractivity (Wildman–Crippen MR) is 207 cm³/mol. The van der Waals surface area contributed by atoms with Gasteiger partial charge in [0.05, 0.1) is 36.4 Å². The first kappa shape index (κ1) is 38.9. The number of nitrogens with zero attached hydrogens (tertiary/aromatic N) is 2. The zero-order valence-electron chi connectivity index (χ0n) is 31.0. The van der Waals surface area contributed by atoms with E-state index in [1.165, 1.54) is 57.3 Å². The van der Waals surface area contributed by atoms with Gasteiger partial charge in [-0.3, -0.25) is 14.9 Å². The number of amides is 2. The lowest BCUT2D eigenvalue weighted by Crippen LogP contribution is -2.33. The number of rotatable bonds is 19. The van der Waals surface area contributed by atoms with E-state index in [1.54, 1.807) is 18.2 Å². The molecule has 0 saturated carbocycles. The maximum absolute atomic E-state index is 13.7. The van der Waals surface area contributed by atoms with Crippen molar-refractivity contribution in [2.24, 2.45) is 4.99 Å². The fourth-order valence-electron chi connectivity index (χ4n) is 6.18. The summed E-state index contributed by atoms with van der Waals surface area (Å²) in [4.78, 5) is 46.8. The van der Waals surface area contributed by atoms with Crippen molar-refractivity contribution in [3.63, 3.8) is 0 Å². The van der Waals surface area contributed by atoms with Crippen LogP contribution in [0.25, 0.3) is 0 Å². The highest BCUT2D eigenvalue weighted by Gasteiger charge is 2.31. The lowest BCUT2D eigenvalue weighted by atomic mass is 9.87. The minimum Gasteiger partial charge on any atom is -0.493 e. The highest BCUT2D eigenvalue weighted by atomic mass is 16.5. The molecule has 0 aliphatic heterocycles. The van der Waals surface area contributed by atoms with Gasteiger partial charge in [0.25, 0.3) is 5.91 Å². The van der Waals surface area contributed by atoms with Crippen LogP contribution in [0.4, 0.5) is 21.9 Å². The number of carbonyl (C=O) groups is 3. The van der Waals surface area contributed by atoms with Crippen molar-refractivity contribution in [1.29, 1.82) is 0 Å². The van der Waals surface area contributed by atoms with Crippen LogP contribution in [0.2, 0.25) is 0 Å². The molecule has 51 heavy (non-hydrogen) atoms. The van der Waals surface area contributed by atoms with Crippen LogP contribution >= 0.6 is 0 Å². The van der Waals surface area contributed by atoms with Crippen LogP contribution in [0.15, 0.2) is 77.3 Å². The number of aliphatic imine (C=N–C) groups is 1. The van der Waals surface area contributed by atoms with E-state index in [0.717, 1.165) is 42.9 Å². The molecule has 9 nitrogen and oxygen atoms in total. The smallest absolute Gasteiger partial charge is 0.411 e. The van der Waals surface area contributed by atoms with Gasteiger partial charge in [-0.2, -0.15) is 0 Å². The van der Waals surface area contributed by atoms with Gasteiger partial charge in [-0.25, -0.2) is 9.79 Å². The van der Waals surface area contributed by atoms with E-state index in [-0.39, 0.29) is 11.1 Å². The molecular formula is C42H54N4O5. The Bertz CT molecular complexity index is 1680. The number of unbranched alkanes of at least 4 members (excludes halogenated alkanes) is 6. The van der Waals surface area contributed by atoms with Gasteiger partial charge in [0.2, 0.25) is 0 Å². The molecule has 4 rings (SSSR count). The molecule has 0 aromatic heterocycles. The highest BCUT2D eigenvalue weighted by molar-refractivity contribution is 6.36. The fourth-order valence-corrected chi connectivity index (χ4v) is 6.18. The van der Waals surface area contributed by atoms with Crippen LogP contribution in [0.1, 0.15) is 98.7 Å². The van der Waals surface area contributed by atoms with E-state index in [1.807, 2.05) is 38.1 Å². The van der Waals surface area contributed by atoms with Crippen LogP contribution in [0.5, 0.6) is 5.75 Å². The molecule has 1 aliphatic carbocycles. The van der Waals surface area contributed by atoms with Crippen molar-refractivity contribution in [1.82, 2.24) is 5.32 Å². The Morgan fingerprint density at radius 3 is 2.20 bits per heavy atom. The molecule has 0 heterocycles. The molecule has 0 saturated heterocycles. The second-order valence-electron chi connectivity index (χ2n) is 13.1. The fraction of sp³-hybridized carbons (Fsp3) is 0.429. The first-order valence-corrected chi connectivity index (χ1v) is 18.4. The molecule has 0 bridgehead atoms. The summed E-state index contributed by atoms with van der Waals surface area (Å²) in [6.07, 6.45) is 11.0. The summed E-state index contributed by atoms with van der Waals surface area (Å²) in [5, 5.41) is 5.58. The highest BCUT2D eigenvalue weighted by Crippen LogP contribution is 2.31. The zero-order chi connectivity index (χ0) is 36.6. The number of hydrogen-bond acceptors (Lipinski definition) is 7. The van der Waals surface area contributed by atoms with Gasteiger partial charge in [-0.15, -0.1) is 0 Å². The minimum atomic E-state index is -0.673. The molecular weight excluding hydrogens is 640 g/mol. The molecule has 0 spiro atoms. The van der Waals surface area contributed by atoms with E-state index in [4.69, 9.17) is 14.5 Å². The molecule has 3 aromatic carbocycles. The number of allylic oxidation sites excluding steroid dienone is 1. The maximum atomic E-state index is 13.7. The van der Waals surface area contributed by atoms with Crippen LogP contribution in [0, 0.1) is 13.8 Å². The summed E-state index contributed by atoms with van der Waals surface area (Å²) < 4.78 is 10.7. The van der Waals surface area contributed by atoms with Crippen LogP contribution < -0.4 is 20.3 Å². The third-order valence-corrected chi connectivity index (χ3v) is 8.98. The average molecular weight is 695 g/mol. The van der Waals surface area contributed by atoms with E-state index >= 15 is 0 Å². The number of hydrogen-bond donors (Lipinski definition) is 2. The van der Waals surface area contributed by atoms with Crippen molar-refractivity contribution in [3.05, 3.63) is 94.6 Å². The lowest BCUT2D eigenvalue weighted by molar-refractivity contribution is -0.117. The number of ether oxygens (including phenoxy) is 2. The van der Waals surface area contributed by atoms with Crippen molar-refractivity contribution >= 4 is 40.6 Å². The average Bonchev–Trinajstić information content (AvgIpc) is 3.13. The van der Waals surface area contributed by atoms with Crippen molar-refractivity contribution < 1.29 is 23.9 Å². The third kappa shape index (κ3) is 11.3. The largest absolute Gasteiger partial charge is 0.493 e. The molecule has 2 amide bonds. The second-order valence-corrected chi connectivity index (χ2v) is 13.1. The number of ketones is 1. The Labute approximate surface area is 303 Å². The Morgan fingerprint density at radius 2 is 1.55 bits per heavy atom. The van der Waals surface area contributed by atoms with Crippen LogP contribution in [0.3, 0.4) is 0 Å². The normalized spacial score (nSPS) is 13.0. The Kier molecular flexibility index (Phi) is 15.3. The van der Waals surface area contributed by atoms with E-state index < -0.39 is 17.8 Å². The SMILES string of the molecule is CCCCCCN(CCCCCC)c1ccc(/N=C2\C=C(C(=O)NCCCOc3ccc(C)cc3C)C(=O)c3cccc(NC(=O)OC)c32)cc1. The summed E-state index contributed by atoms with van der Waals surface area (Å²) in [6.45, 7) is 11.3. The Balaban J connectivity index is 1.56. The molecule has 9 heteroatoms. The van der Waals surface area contributed by atoms with Crippen LogP contribution in [-0.4, -0.2) is 56.8 Å². The summed E-state index contributed by atoms with van der Waals surface area (Å²) in [7, 11) is 1.28. The number of Topliss-reactive ketones (excluding diaryl/α,β-unsaturated/α-hetero) is 1. The summed E-state index contributed by atoms with van der Waals surface area (Å²) in [5.41, 5.74) is 5.49. The molecule has 3 aromatic rings. The molecule has 0 fully saturated rings. The summed E-state index contributed by atoms with van der Waals surface area (Å²) in [5.74, 6) is -0.127. The van der Waals surface area contributed by atoms with Crippen molar-refractivity contribution in [2.45, 2.75) is 85.5 Å². The maximum Gasteiger partial charge on any atom is 0.411 e. The van der Waals surface area contributed by atoms with Gasteiger partial charge in [0, 0.05) is 36.4 Å². The number of carbonyl (C=O) groups excluding carboxylic acids is 3.